The molecule has 0 spiro atoms. The number of nitro benzene ring substituents is 1. The van der Waals surface area contributed by atoms with Gasteiger partial charge in [0.15, 0.2) is 0 Å². The molecule has 0 aliphatic heterocycles. The third-order valence-corrected chi connectivity index (χ3v) is 3.02. The van der Waals surface area contributed by atoms with Crippen LogP contribution in [-0.2, 0) is 6.54 Å². The molecule has 0 aliphatic carbocycles. The average molecular weight is 314 g/mol. The van der Waals surface area contributed by atoms with Gasteiger partial charge in [-0.25, -0.2) is 4.79 Å². The summed E-state index contributed by atoms with van der Waals surface area (Å²) in [5.74, 6) is 0.581. The van der Waals surface area contributed by atoms with E-state index in [1.54, 1.807) is 18.2 Å². The van der Waals surface area contributed by atoms with Crippen molar-refractivity contribution in [3.8, 4) is 6.07 Å². The minimum Gasteiger partial charge on any atom is -0.467 e. The van der Waals surface area contributed by atoms with Gasteiger partial charge in [-0.15, -0.1) is 0 Å². The van der Waals surface area contributed by atoms with Crippen LogP contribution < -0.4 is 5.32 Å². The van der Waals surface area contributed by atoms with E-state index in [4.69, 9.17) is 9.68 Å². The first-order chi connectivity index (χ1) is 11.1. The van der Waals surface area contributed by atoms with E-state index in [0.29, 0.717) is 11.4 Å². The van der Waals surface area contributed by atoms with Crippen LogP contribution in [0.15, 0.2) is 47.1 Å². The monoisotopic (exact) mass is 314 g/mol. The Hall–Kier alpha value is -3.34. The van der Waals surface area contributed by atoms with E-state index in [1.165, 1.54) is 29.4 Å². The van der Waals surface area contributed by atoms with Crippen molar-refractivity contribution >= 4 is 17.4 Å². The van der Waals surface area contributed by atoms with E-state index < -0.39 is 11.0 Å². The van der Waals surface area contributed by atoms with Crippen molar-refractivity contribution in [1.29, 1.82) is 5.26 Å². The number of nitrogens with zero attached hydrogens (tertiary/aromatic N) is 3. The van der Waals surface area contributed by atoms with Gasteiger partial charge in [-0.05, 0) is 18.2 Å². The highest BCUT2D eigenvalue weighted by Gasteiger charge is 2.16. The summed E-state index contributed by atoms with van der Waals surface area (Å²) in [6.45, 7) is 0.424. The number of furan rings is 1. The number of carbonyl (C=O) groups excluding carboxylic acids is 1. The maximum Gasteiger partial charge on any atom is 0.322 e. The van der Waals surface area contributed by atoms with Crippen molar-refractivity contribution in [3.05, 3.63) is 58.5 Å². The minimum absolute atomic E-state index is 0.114. The number of urea groups is 1. The number of nitrogens with one attached hydrogen (secondary N) is 1. The lowest BCUT2D eigenvalue weighted by molar-refractivity contribution is -0.384. The lowest BCUT2D eigenvalue weighted by Crippen LogP contribution is -2.35. The molecular weight excluding hydrogens is 300 g/mol. The number of nitriles is 1. The van der Waals surface area contributed by atoms with E-state index >= 15 is 0 Å². The summed E-state index contributed by atoms with van der Waals surface area (Å²) in [5, 5.41) is 22.1. The predicted molar refractivity (Wildman–Crippen MR) is 81.5 cm³/mol. The van der Waals surface area contributed by atoms with Gasteiger partial charge in [0, 0.05) is 24.4 Å². The van der Waals surface area contributed by atoms with Crippen LogP contribution in [0.25, 0.3) is 0 Å². The van der Waals surface area contributed by atoms with Gasteiger partial charge in [-0.2, -0.15) is 5.26 Å². The quantitative estimate of drug-likeness (QED) is 0.650. The molecule has 8 nitrogen and oxygen atoms in total. The molecule has 118 valence electrons. The van der Waals surface area contributed by atoms with Gasteiger partial charge in [-0.3, -0.25) is 10.1 Å². The lowest BCUT2D eigenvalue weighted by atomic mass is 10.3. The highest BCUT2D eigenvalue weighted by atomic mass is 16.6. The van der Waals surface area contributed by atoms with Gasteiger partial charge < -0.3 is 14.6 Å². The van der Waals surface area contributed by atoms with E-state index in [9.17, 15) is 14.9 Å². The Morgan fingerprint density at radius 1 is 1.39 bits per heavy atom. The molecule has 2 aromatic rings. The molecule has 1 aromatic carbocycles. The Bertz CT molecular complexity index is 721. The number of non-ortho nitro benzene ring substituents is 1. The van der Waals surface area contributed by atoms with Crippen LogP contribution in [0.3, 0.4) is 0 Å². The number of hydrogen-bond acceptors (Lipinski definition) is 5. The van der Waals surface area contributed by atoms with E-state index in [1.807, 2.05) is 6.07 Å². The Labute approximate surface area is 132 Å². The SMILES string of the molecule is N#CCCN(Cc1ccco1)C(=O)Nc1cccc([N+](=O)[O-])c1. The van der Waals surface area contributed by atoms with Gasteiger partial charge in [-0.1, -0.05) is 6.07 Å². The topological polar surface area (TPSA) is 112 Å². The predicted octanol–water partition coefficient (Wildman–Crippen LogP) is 3.14. The largest absolute Gasteiger partial charge is 0.467 e. The van der Waals surface area contributed by atoms with Crippen molar-refractivity contribution in [1.82, 2.24) is 4.90 Å². The number of hydrogen-bond donors (Lipinski definition) is 1. The van der Waals surface area contributed by atoms with Crippen LogP contribution in [0.5, 0.6) is 0 Å². The summed E-state index contributed by atoms with van der Waals surface area (Å²) in [6, 6.07) is 10.6. The van der Waals surface area contributed by atoms with Gasteiger partial charge in [0.05, 0.1) is 30.2 Å². The molecule has 0 saturated heterocycles. The number of nitro groups is 1. The van der Waals surface area contributed by atoms with Crippen molar-refractivity contribution in [2.45, 2.75) is 13.0 Å². The molecule has 0 atom stereocenters. The average Bonchev–Trinajstić information content (AvgIpc) is 3.04. The number of benzene rings is 1. The second kappa shape index (κ2) is 7.61. The van der Waals surface area contributed by atoms with Gasteiger partial charge in [0.25, 0.3) is 5.69 Å². The first kappa shape index (κ1) is 16.0. The molecule has 0 fully saturated rings. The highest BCUT2D eigenvalue weighted by Crippen LogP contribution is 2.18. The zero-order chi connectivity index (χ0) is 16.7. The van der Waals surface area contributed by atoms with Crippen molar-refractivity contribution in [2.75, 3.05) is 11.9 Å². The van der Waals surface area contributed by atoms with Crippen LogP contribution in [-0.4, -0.2) is 22.4 Å². The third kappa shape index (κ3) is 4.57. The van der Waals surface area contributed by atoms with Crippen LogP contribution in [0.2, 0.25) is 0 Å². The van der Waals surface area contributed by atoms with Crippen molar-refractivity contribution in [2.24, 2.45) is 0 Å². The summed E-state index contributed by atoms with van der Waals surface area (Å²) in [7, 11) is 0. The fourth-order valence-electron chi connectivity index (χ4n) is 1.93. The first-order valence-corrected chi connectivity index (χ1v) is 6.80. The molecule has 1 aromatic heterocycles. The standard InChI is InChI=1S/C15H14N4O4/c16-7-3-8-18(11-14-6-2-9-23-14)15(20)17-12-4-1-5-13(10-12)19(21)22/h1-2,4-6,9-10H,3,8,11H2,(H,17,20). The van der Waals surface area contributed by atoms with E-state index in [-0.39, 0.29) is 25.2 Å². The Kier molecular flexibility index (Phi) is 5.30. The Morgan fingerprint density at radius 2 is 2.22 bits per heavy atom. The number of amides is 2. The zero-order valence-electron chi connectivity index (χ0n) is 12.1. The smallest absolute Gasteiger partial charge is 0.322 e. The minimum atomic E-state index is -0.536. The van der Waals surface area contributed by atoms with Crippen LogP contribution in [0, 0.1) is 21.4 Å². The molecule has 0 saturated carbocycles. The van der Waals surface area contributed by atoms with Crippen molar-refractivity contribution < 1.29 is 14.1 Å². The van der Waals surface area contributed by atoms with Crippen LogP contribution in [0.4, 0.5) is 16.2 Å². The number of rotatable bonds is 6. The molecule has 1 N–H and O–H groups in total. The maximum atomic E-state index is 12.3. The summed E-state index contributed by atoms with van der Waals surface area (Å²) in [6.07, 6.45) is 1.67. The fraction of sp³-hybridized carbons (Fsp3) is 0.200. The molecule has 2 amide bonds. The summed E-state index contributed by atoms with van der Waals surface area (Å²) < 4.78 is 5.20. The zero-order valence-corrected chi connectivity index (χ0v) is 12.1. The molecular formula is C15H14N4O4. The van der Waals surface area contributed by atoms with E-state index in [2.05, 4.69) is 5.32 Å². The molecule has 0 unspecified atom stereocenters. The fourth-order valence-corrected chi connectivity index (χ4v) is 1.93. The number of anilines is 1. The van der Waals surface area contributed by atoms with Crippen molar-refractivity contribution in [3.63, 3.8) is 0 Å². The molecule has 0 aliphatic rings. The van der Waals surface area contributed by atoms with Gasteiger partial charge >= 0.3 is 6.03 Å². The highest BCUT2D eigenvalue weighted by molar-refractivity contribution is 5.89. The van der Waals surface area contributed by atoms with Gasteiger partial charge in [0.1, 0.15) is 5.76 Å². The Balaban J connectivity index is 2.09. The summed E-state index contributed by atoms with van der Waals surface area (Å²) in [5.41, 5.74) is 0.197. The van der Waals surface area contributed by atoms with E-state index in [0.717, 1.165) is 0 Å². The van der Waals surface area contributed by atoms with Crippen LogP contribution in [0.1, 0.15) is 12.2 Å². The molecule has 2 rings (SSSR count). The van der Waals surface area contributed by atoms with Gasteiger partial charge in [0.2, 0.25) is 0 Å². The third-order valence-electron chi connectivity index (χ3n) is 3.02. The second-order valence-electron chi connectivity index (χ2n) is 4.65. The second-order valence-corrected chi connectivity index (χ2v) is 4.65. The maximum absolute atomic E-state index is 12.3. The molecule has 0 bridgehead atoms. The normalized spacial score (nSPS) is 9.87. The molecule has 8 heteroatoms. The molecule has 0 radical (unpaired) electrons. The first-order valence-electron chi connectivity index (χ1n) is 6.80. The number of carbonyl (C=O) groups is 1. The Morgan fingerprint density at radius 3 is 2.87 bits per heavy atom. The molecule has 23 heavy (non-hydrogen) atoms. The summed E-state index contributed by atoms with van der Waals surface area (Å²) >= 11 is 0. The molecule has 1 heterocycles. The van der Waals surface area contributed by atoms with Crippen LogP contribution >= 0.6 is 0 Å². The summed E-state index contributed by atoms with van der Waals surface area (Å²) in [4.78, 5) is 23.9. The lowest BCUT2D eigenvalue weighted by Gasteiger charge is -2.21.